The minimum absolute atomic E-state index is 0.341. The first kappa shape index (κ1) is 23.5. The molecule has 0 spiro atoms. The molecule has 194 valence electrons. The summed E-state index contributed by atoms with van der Waals surface area (Å²) in [5, 5.41) is 9.62. The zero-order chi connectivity index (χ0) is 26.2. The third-order valence-corrected chi connectivity index (χ3v) is 7.31. The van der Waals surface area contributed by atoms with Crippen molar-refractivity contribution in [3.05, 3.63) is 79.4 Å². The average Bonchev–Trinajstić information content (AvgIpc) is 3.72. The van der Waals surface area contributed by atoms with Crippen LogP contribution >= 0.6 is 0 Å². The molecule has 0 aliphatic carbocycles. The minimum Gasteiger partial charge on any atom is -0.492 e. The van der Waals surface area contributed by atoms with Crippen LogP contribution in [0.4, 0.5) is 4.39 Å². The van der Waals surface area contributed by atoms with E-state index in [-0.39, 0.29) is 5.82 Å². The van der Waals surface area contributed by atoms with Gasteiger partial charge >= 0.3 is 0 Å². The number of rotatable bonds is 7. The third kappa shape index (κ3) is 4.61. The highest BCUT2D eigenvalue weighted by molar-refractivity contribution is 6.01. The summed E-state index contributed by atoms with van der Waals surface area (Å²) >= 11 is 0. The first-order valence-corrected chi connectivity index (χ1v) is 13.1. The summed E-state index contributed by atoms with van der Waals surface area (Å²) in [5.41, 5.74) is 6.85. The van der Waals surface area contributed by atoms with Gasteiger partial charge in [0, 0.05) is 53.1 Å². The maximum Gasteiger partial charge on any atom is 0.127 e. The number of nitrogens with zero attached hydrogens (tertiary/aromatic N) is 5. The average molecular weight is 520 g/mol. The van der Waals surface area contributed by atoms with Gasteiger partial charge in [0.05, 0.1) is 22.9 Å². The smallest absolute Gasteiger partial charge is 0.127 e. The molecule has 0 unspecified atom stereocenters. The maximum absolute atomic E-state index is 14.7. The van der Waals surface area contributed by atoms with Crippen LogP contribution in [0, 0.1) is 5.82 Å². The minimum atomic E-state index is -0.341. The highest BCUT2D eigenvalue weighted by Crippen LogP contribution is 2.36. The van der Waals surface area contributed by atoms with Crippen molar-refractivity contribution >= 4 is 21.8 Å². The number of aromatic amines is 2. The lowest BCUT2D eigenvalue weighted by Gasteiger charge is -2.15. The van der Waals surface area contributed by atoms with Gasteiger partial charge in [0.15, 0.2) is 0 Å². The van der Waals surface area contributed by atoms with Crippen LogP contribution in [-0.2, 0) is 0 Å². The molecule has 1 fully saturated rings. The number of fused-ring (bicyclic) bond motifs is 2. The first-order valence-electron chi connectivity index (χ1n) is 13.1. The SMILES string of the molecule is Fc1cc(OCCN2CCCC2)cc(-c2cncc3[nH]c(-c4n[nH]c5ccc(-c6cncnc6)cc45)cc23)c1. The number of likely N-dealkylation sites (tertiary alicyclic amines) is 1. The molecule has 1 saturated heterocycles. The van der Waals surface area contributed by atoms with Gasteiger partial charge in [-0.2, -0.15) is 5.10 Å². The predicted octanol–water partition coefficient (Wildman–Crippen LogP) is 5.84. The standard InChI is InChI=1S/C30H26FN7O/c31-22-9-20(10-23(12-22)39-8-7-38-5-1-2-6-38)26-16-32-17-29-24(26)13-28(35-29)30-25-11-19(3-4-27(25)36-37-30)21-14-33-18-34-15-21/h3-4,9-18,35H,1-2,5-8H2,(H,36,37). The second-order valence-corrected chi connectivity index (χ2v) is 9.86. The summed E-state index contributed by atoms with van der Waals surface area (Å²) in [6.45, 7) is 3.59. The van der Waals surface area contributed by atoms with E-state index in [0.717, 1.165) is 69.5 Å². The Morgan fingerprint density at radius 1 is 0.821 bits per heavy atom. The van der Waals surface area contributed by atoms with Gasteiger partial charge in [-0.25, -0.2) is 14.4 Å². The molecule has 0 bridgehead atoms. The Bertz CT molecular complexity index is 1770. The molecule has 1 aliphatic rings. The first-order chi connectivity index (χ1) is 19.2. The molecule has 39 heavy (non-hydrogen) atoms. The Morgan fingerprint density at radius 3 is 2.56 bits per heavy atom. The van der Waals surface area contributed by atoms with Crippen LogP contribution in [-0.4, -0.2) is 61.3 Å². The number of aromatic nitrogens is 6. The van der Waals surface area contributed by atoms with Crippen molar-refractivity contribution in [3.63, 3.8) is 0 Å². The molecule has 0 radical (unpaired) electrons. The van der Waals surface area contributed by atoms with Gasteiger partial charge in [0.1, 0.15) is 30.2 Å². The Labute approximate surface area is 223 Å². The molecular weight excluding hydrogens is 493 g/mol. The summed E-state index contributed by atoms with van der Waals surface area (Å²) in [7, 11) is 0. The highest BCUT2D eigenvalue weighted by Gasteiger charge is 2.16. The zero-order valence-corrected chi connectivity index (χ0v) is 21.2. The molecule has 5 heterocycles. The van der Waals surface area contributed by atoms with Gasteiger partial charge in [-0.3, -0.25) is 15.0 Å². The number of nitrogens with one attached hydrogen (secondary N) is 2. The molecule has 1 aliphatic heterocycles. The van der Waals surface area contributed by atoms with Crippen molar-refractivity contribution < 1.29 is 9.13 Å². The van der Waals surface area contributed by atoms with E-state index < -0.39 is 0 Å². The fourth-order valence-electron chi connectivity index (χ4n) is 5.36. The largest absolute Gasteiger partial charge is 0.492 e. The van der Waals surface area contributed by atoms with Gasteiger partial charge in [0.25, 0.3) is 0 Å². The quantitative estimate of drug-likeness (QED) is 0.275. The molecule has 2 aromatic carbocycles. The van der Waals surface area contributed by atoms with Gasteiger partial charge in [-0.15, -0.1) is 0 Å². The lowest BCUT2D eigenvalue weighted by molar-refractivity contribution is 0.237. The Morgan fingerprint density at radius 2 is 1.69 bits per heavy atom. The molecule has 6 aromatic rings. The van der Waals surface area contributed by atoms with Crippen LogP contribution < -0.4 is 4.74 Å². The fourth-order valence-corrected chi connectivity index (χ4v) is 5.36. The van der Waals surface area contributed by atoms with Crippen molar-refractivity contribution in [2.75, 3.05) is 26.2 Å². The number of pyridine rings is 1. The molecule has 0 saturated carbocycles. The van der Waals surface area contributed by atoms with E-state index in [2.05, 4.69) is 41.1 Å². The van der Waals surface area contributed by atoms with Crippen LogP contribution in [0.25, 0.3) is 55.4 Å². The summed E-state index contributed by atoms with van der Waals surface area (Å²) in [6, 6.07) is 13.0. The number of hydrogen-bond donors (Lipinski definition) is 2. The van der Waals surface area contributed by atoms with Gasteiger partial charge < -0.3 is 9.72 Å². The van der Waals surface area contributed by atoms with E-state index >= 15 is 0 Å². The molecule has 0 atom stereocenters. The number of halogens is 1. The number of ether oxygens (including phenoxy) is 1. The van der Waals surface area contributed by atoms with Gasteiger partial charge in [-0.1, -0.05) is 6.07 Å². The molecule has 4 aromatic heterocycles. The number of benzene rings is 2. The second kappa shape index (κ2) is 9.92. The summed E-state index contributed by atoms with van der Waals surface area (Å²) < 4.78 is 20.6. The molecule has 8 nitrogen and oxygen atoms in total. The molecule has 7 rings (SSSR count). The van der Waals surface area contributed by atoms with Crippen molar-refractivity contribution in [1.29, 1.82) is 0 Å². The van der Waals surface area contributed by atoms with Crippen LogP contribution in [0.2, 0.25) is 0 Å². The van der Waals surface area contributed by atoms with Crippen molar-refractivity contribution in [1.82, 2.24) is 35.0 Å². The van der Waals surface area contributed by atoms with E-state index in [9.17, 15) is 4.39 Å². The van der Waals surface area contributed by atoms with E-state index in [1.54, 1.807) is 24.8 Å². The van der Waals surface area contributed by atoms with Crippen molar-refractivity contribution in [2.24, 2.45) is 0 Å². The third-order valence-electron chi connectivity index (χ3n) is 7.31. The van der Waals surface area contributed by atoms with Crippen LogP contribution in [0.1, 0.15) is 12.8 Å². The highest BCUT2D eigenvalue weighted by atomic mass is 19.1. The van der Waals surface area contributed by atoms with Crippen molar-refractivity contribution in [2.45, 2.75) is 12.8 Å². The van der Waals surface area contributed by atoms with Crippen LogP contribution in [0.15, 0.2) is 73.6 Å². The molecule has 9 heteroatoms. The Hall–Kier alpha value is -4.63. The van der Waals surface area contributed by atoms with Crippen LogP contribution in [0.5, 0.6) is 5.75 Å². The zero-order valence-electron chi connectivity index (χ0n) is 21.2. The lowest BCUT2D eigenvalue weighted by Crippen LogP contribution is -2.25. The van der Waals surface area contributed by atoms with E-state index in [1.165, 1.54) is 31.3 Å². The van der Waals surface area contributed by atoms with E-state index in [1.807, 2.05) is 24.3 Å². The number of hydrogen-bond acceptors (Lipinski definition) is 6. The number of H-pyrrole nitrogens is 2. The normalized spacial score (nSPS) is 14.0. The Balaban J connectivity index is 1.23. The molecular formula is C30H26FN7O. The van der Waals surface area contributed by atoms with Crippen LogP contribution in [0.3, 0.4) is 0 Å². The van der Waals surface area contributed by atoms with Gasteiger partial charge in [0.2, 0.25) is 0 Å². The monoisotopic (exact) mass is 519 g/mol. The summed E-state index contributed by atoms with van der Waals surface area (Å²) in [6.07, 6.45) is 11.1. The van der Waals surface area contributed by atoms with E-state index in [4.69, 9.17) is 4.74 Å². The molecule has 0 amide bonds. The summed E-state index contributed by atoms with van der Waals surface area (Å²) in [4.78, 5) is 18.5. The lowest BCUT2D eigenvalue weighted by atomic mass is 10.0. The molecule has 2 N–H and O–H groups in total. The maximum atomic E-state index is 14.7. The summed E-state index contributed by atoms with van der Waals surface area (Å²) in [5.74, 6) is 0.180. The predicted molar refractivity (Wildman–Crippen MR) is 149 cm³/mol. The van der Waals surface area contributed by atoms with E-state index in [0.29, 0.717) is 17.9 Å². The Kier molecular flexibility index (Phi) is 5.97. The fraction of sp³-hybridized carbons (Fsp3) is 0.200. The second-order valence-electron chi connectivity index (χ2n) is 9.86. The van der Waals surface area contributed by atoms with Gasteiger partial charge in [-0.05, 0) is 67.4 Å². The van der Waals surface area contributed by atoms with Crippen molar-refractivity contribution in [3.8, 4) is 39.4 Å². The topological polar surface area (TPSA) is 95.6 Å².